The Hall–Kier alpha value is -3.16. The number of para-hydroxylation sites is 2. The van der Waals surface area contributed by atoms with Gasteiger partial charge in [-0.1, -0.05) is 48.5 Å². The molecule has 0 heterocycles. The second kappa shape index (κ2) is 8.24. The van der Waals surface area contributed by atoms with Crippen LogP contribution in [0.2, 0.25) is 0 Å². The molecule has 0 aromatic heterocycles. The molecule has 7 heteroatoms. The van der Waals surface area contributed by atoms with Gasteiger partial charge in [0.15, 0.2) is 0 Å². The zero-order chi connectivity index (χ0) is 20.1. The van der Waals surface area contributed by atoms with E-state index < -0.39 is 15.9 Å². The highest BCUT2D eigenvalue weighted by molar-refractivity contribution is 7.89. The molecule has 0 radical (unpaired) electrons. The minimum absolute atomic E-state index is 0.0355. The van der Waals surface area contributed by atoms with Gasteiger partial charge in [-0.05, 0) is 42.3 Å². The number of sulfonamides is 1. The van der Waals surface area contributed by atoms with Gasteiger partial charge in [0.05, 0.1) is 10.6 Å². The fourth-order valence-corrected chi connectivity index (χ4v) is 3.94. The lowest BCUT2D eigenvalue weighted by molar-refractivity contribution is 0.102. The number of carbonyl (C=O) groups is 1. The van der Waals surface area contributed by atoms with Crippen LogP contribution in [0.5, 0.6) is 5.75 Å². The van der Waals surface area contributed by atoms with Crippen molar-refractivity contribution in [1.82, 2.24) is 4.72 Å². The number of rotatable bonds is 6. The van der Waals surface area contributed by atoms with Crippen LogP contribution in [0.1, 0.15) is 21.5 Å². The predicted molar refractivity (Wildman–Crippen MR) is 108 cm³/mol. The van der Waals surface area contributed by atoms with Gasteiger partial charge in [0, 0.05) is 12.1 Å². The number of nitrogens with one attached hydrogen (secondary N) is 2. The van der Waals surface area contributed by atoms with Gasteiger partial charge in [-0.15, -0.1) is 0 Å². The van der Waals surface area contributed by atoms with Crippen molar-refractivity contribution in [2.24, 2.45) is 0 Å². The molecule has 3 aromatic carbocycles. The van der Waals surface area contributed by atoms with Crippen molar-refractivity contribution in [1.29, 1.82) is 0 Å². The normalized spacial score (nSPS) is 11.2. The highest BCUT2D eigenvalue weighted by Gasteiger charge is 2.19. The number of carbonyl (C=O) groups excluding carboxylic acids is 1. The number of hydrogen-bond acceptors (Lipinski definition) is 4. The predicted octanol–water partition coefficient (Wildman–Crippen LogP) is 3.43. The van der Waals surface area contributed by atoms with Crippen LogP contribution >= 0.6 is 0 Å². The first kappa shape index (κ1) is 19.6. The lowest BCUT2D eigenvalue weighted by atomic mass is 10.1. The lowest BCUT2D eigenvalue weighted by Gasteiger charge is -2.12. The SMILES string of the molecule is Cc1ccc(C(=O)Nc2ccccc2O)cc1S(=O)(=O)NCc1ccccc1. The van der Waals surface area contributed by atoms with Crippen LogP contribution in [0, 0.1) is 6.92 Å². The molecule has 6 nitrogen and oxygen atoms in total. The van der Waals surface area contributed by atoms with E-state index in [0.29, 0.717) is 5.56 Å². The number of phenolic OH excluding ortho intramolecular Hbond substituents is 1. The van der Waals surface area contributed by atoms with Crippen LogP contribution in [0.3, 0.4) is 0 Å². The summed E-state index contributed by atoms with van der Waals surface area (Å²) >= 11 is 0. The standard InChI is InChI=1S/C21H20N2O4S/c1-15-11-12-17(21(25)23-18-9-5-6-10-19(18)24)13-20(15)28(26,27)22-14-16-7-3-2-4-8-16/h2-13,22,24H,14H2,1H3,(H,23,25). The Labute approximate surface area is 163 Å². The minimum Gasteiger partial charge on any atom is -0.506 e. The molecule has 0 atom stereocenters. The second-order valence-electron chi connectivity index (χ2n) is 6.26. The molecule has 0 unspecified atom stereocenters. The van der Waals surface area contributed by atoms with Crippen molar-refractivity contribution < 1.29 is 18.3 Å². The number of benzene rings is 3. The number of anilines is 1. The first-order valence-corrected chi connectivity index (χ1v) is 10.1. The monoisotopic (exact) mass is 396 g/mol. The summed E-state index contributed by atoms with van der Waals surface area (Å²) in [7, 11) is -3.81. The first-order valence-electron chi connectivity index (χ1n) is 8.60. The lowest BCUT2D eigenvalue weighted by Crippen LogP contribution is -2.24. The summed E-state index contributed by atoms with van der Waals surface area (Å²) in [6, 6.07) is 19.9. The smallest absolute Gasteiger partial charge is 0.255 e. The van der Waals surface area contributed by atoms with E-state index in [1.165, 1.54) is 12.1 Å². The van der Waals surface area contributed by atoms with Crippen LogP contribution in [-0.4, -0.2) is 19.4 Å². The van der Waals surface area contributed by atoms with Gasteiger partial charge in [-0.3, -0.25) is 4.79 Å². The molecule has 144 valence electrons. The Bertz CT molecular complexity index is 1100. The molecule has 0 spiro atoms. The van der Waals surface area contributed by atoms with E-state index in [9.17, 15) is 18.3 Å². The van der Waals surface area contributed by atoms with E-state index in [1.807, 2.05) is 30.3 Å². The molecule has 0 fully saturated rings. The molecule has 3 rings (SSSR count). The van der Waals surface area contributed by atoms with Crippen molar-refractivity contribution in [3.05, 3.63) is 89.5 Å². The van der Waals surface area contributed by atoms with Gasteiger partial charge in [-0.2, -0.15) is 0 Å². The van der Waals surface area contributed by atoms with E-state index in [-0.39, 0.29) is 28.4 Å². The van der Waals surface area contributed by atoms with Crippen LogP contribution in [0.4, 0.5) is 5.69 Å². The number of aromatic hydroxyl groups is 1. The molecule has 0 aliphatic carbocycles. The molecule has 0 saturated carbocycles. The van der Waals surface area contributed by atoms with Crippen molar-refractivity contribution in [2.45, 2.75) is 18.4 Å². The Kier molecular flexibility index (Phi) is 5.77. The zero-order valence-electron chi connectivity index (χ0n) is 15.2. The summed E-state index contributed by atoms with van der Waals surface area (Å²) in [6.45, 7) is 1.82. The zero-order valence-corrected chi connectivity index (χ0v) is 16.0. The molecule has 1 amide bonds. The van der Waals surface area contributed by atoms with Gasteiger partial charge in [0.25, 0.3) is 5.91 Å². The third-order valence-electron chi connectivity index (χ3n) is 4.20. The van der Waals surface area contributed by atoms with Crippen molar-refractivity contribution in [2.75, 3.05) is 5.32 Å². The Morgan fingerprint density at radius 3 is 2.36 bits per heavy atom. The van der Waals surface area contributed by atoms with E-state index in [2.05, 4.69) is 10.0 Å². The fourth-order valence-electron chi connectivity index (χ4n) is 2.66. The molecule has 3 N–H and O–H groups in total. The Morgan fingerprint density at radius 2 is 1.64 bits per heavy atom. The van der Waals surface area contributed by atoms with Crippen LogP contribution in [0.25, 0.3) is 0 Å². The van der Waals surface area contributed by atoms with Crippen LogP contribution in [0.15, 0.2) is 77.7 Å². The fraction of sp³-hybridized carbons (Fsp3) is 0.0952. The third-order valence-corrected chi connectivity index (χ3v) is 5.74. The quantitative estimate of drug-likeness (QED) is 0.556. The van der Waals surface area contributed by atoms with Gasteiger partial charge in [0.1, 0.15) is 5.75 Å². The molecule has 0 bridgehead atoms. The number of aryl methyl sites for hydroxylation is 1. The molecular formula is C21H20N2O4S. The molecule has 0 aliphatic heterocycles. The molecule has 0 saturated heterocycles. The Morgan fingerprint density at radius 1 is 0.964 bits per heavy atom. The maximum Gasteiger partial charge on any atom is 0.255 e. The number of phenols is 1. The number of amides is 1. The van der Waals surface area contributed by atoms with Gasteiger partial charge < -0.3 is 10.4 Å². The van der Waals surface area contributed by atoms with Crippen LogP contribution in [-0.2, 0) is 16.6 Å². The maximum absolute atomic E-state index is 12.7. The number of hydrogen-bond donors (Lipinski definition) is 3. The van der Waals surface area contributed by atoms with E-state index in [1.54, 1.807) is 37.3 Å². The van der Waals surface area contributed by atoms with Gasteiger partial charge in [-0.25, -0.2) is 13.1 Å². The average Bonchev–Trinajstić information content (AvgIpc) is 2.69. The van der Waals surface area contributed by atoms with E-state index in [4.69, 9.17) is 0 Å². The summed E-state index contributed by atoms with van der Waals surface area (Å²) in [4.78, 5) is 12.5. The summed E-state index contributed by atoms with van der Waals surface area (Å²) < 4.78 is 28.0. The topological polar surface area (TPSA) is 95.5 Å². The third kappa shape index (κ3) is 4.57. The highest BCUT2D eigenvalue weighted by atomic mass is 32.2. The molecular weight excluding hydrogens is 376 g/mol. The summed E-state index contributed by atoms with van der Waals surface area (Å²) in [5.41, 5.74) is 1.78. The van der Waals surface area contributed by atoms with Crippen molar-refractivity contribution in [3.8, 4) is 5.75 Å². The van der Waals surface area contributed by atoms with Crippen LogP contribution < -0.4 is 10.0 Å². The van der Waals surface area contributed by atoms with Gasteiger partial charge >= 0.3 is 0 Å². The Balaban J connectivity index is 1.82. The van der Waals surface area contributed by atoms with Gasteiger partial charge in [0.2, 0.25) is 10.0 Å². The largest absolute Gasteiger partial charge is 0.506 e. The summed E-state index contributed by atoms with van der Waals surface area (Å²) in [5.74, 6) is -0.582. The molecule has 0 aliphatic rings. The summed E-state index contributed by atoms with van der Waals surface area (Å²) in [6.07, 6.45) is 0. The average molecular weight is 396 g/mol. The first-order chi connectivity index (χ1) is 13.4. The van der Waals surface area contributed by atoms with E-state index >= 15 is 0 Å². The summed E-state index contributed by atoms with van der Waals surface area (Å²) in [5, 5.41) is 12.4. The maximum atomic E-state index is 12.7. The minimum atomic E-state index is -3.81. The van der Waals surface area contributed by atoms with E-state index in [0.717, 1.165) is 5.56 Å². The van der Waals surface area contributed by atoms with Crippen molar-refractivity contribution in [3.63, 3.8) is 0 Å². The highest BCUT2D eigenvalue weighted by Crippen LogP contribution is 2.23. The molecule has 3 aromatic rings. The molecule has 28 heavy (non-hydrogen) atoms. The second-order valence-corrected chi connectivity index (χ2v) is 8.00. The van der Waals surface area contributed by atoms with Crippen molar-refractivity contribution >= 4 is 21.6 Å².